The molecule has 2 aromatic rings. The molecule has 0 bridgehead atoms. The predicted molar refractivity (Wildman–Crippen MR) is 118 cm³/mol. The van der Waals surface area contributed by atoms with Crippen molar-refractivity contribution in [3.05, 3.63) is 47.5 Å². The third-order valence-electron chi connectivity index (χ3n) is 4.93. The van der Waals surface area contributed by atoms with Crippen molar-refractivity contribution in [2.45, 2.75) is 30.7 Å². The minimum atomic E-state index is -3.58. The zero-order valence-electron chi connectivity index (χ0n) is 18.8. The average molecular weight is 451 g/mol. The summed E-state index contributed by atoms with van der Waals surface area (Å²) in [6.07, 6.45) is 0.492. The van der Waals surface area contributed by atoms with E-state index in [4.69, 9.17) is 14.2 Å². The molecule has 0 saturated carbocycles. The van der Waals surface area contributed by atoms with Crippen molar-refractivity contribution in [3.8, 4) is 17.2 Å². The number of nitrogens with one attached hydrogen (secondary N) is 1. The van der Waals surface area contributed by atoms with E-state index in [0.29, 0.717) is 29.2 Å². The molecule has 1 atom stereocenters. The summed E-state index contributed by atoms with van der Waals surface area (Å²) in [4.78, 5) is 12.7. The minimum absolute atomic E-state index is 0.156. The van der Waals surface area contributed by atoms with Gasteiger partial charge in [0.1, 0.15) is 17.2 Å². The number of benzene rings is 2. The molecule has 9 heteroatoms. The van der Waals surface area contributed by atoms with Crippen molar-refractivity contribution in [2.24, 2.45) is 0 Å². The lowest BCUT2D eigenvalue weighted by molar-refractivity contribution is -0.121. The molecule has 1 N–H and O–H groups in total. The van der Waals surface area contributed by atoms with Gasteiger partial charge < -0.3 is 19.5 Å². The van der Waals surface area contributed by atoms with Crippen molar-refractivity contribution in [1.29, 1.82) is 0 Å². The van der Waals surface area contributed by atoms with Crippen molar-refractivity contribution < 1.29 is 27.4 Å². The second kappa shape index (κ2) is 10.5. The highest BCUT2D eigenvalue weighted by molar-refractivity contribution is 7.89. The van der Waals surface area contributed by atoms with Crippen LogP contribution in [0.5, 0.6) is 17.2 Å². The van der Waals surface area contributed by atoms with Crippen LogP contribution in [0.4, 0.5) is 0 Å². The van der Waals surface area contributed by atoms with E-state index < -0.39 is 10.0 Å². The van der Waals surface area contributed by atoms with E-state index in [0.717, 1.165) is 9.87 Å². The molecule has 8 nitrogen and oxygen atoms in total. The van der Waals surface area contributed by atoms with Crippen molar-refractivity contribution in [1.82, 2.24) is 9.62 Å². The quantitative estimate of drug-likeness (QED) is 0.598. The SMILES string of the molecule is COc1ccc(OC)c([C@@H](C)NC(=O)CCc2cc(S(=O)(=O)N(C)C)ccc2OC)c1. The number of sulfonamides is 1. The van der Waals surface area contributed by atoms with Crippen LogP contribution in [0, 0.1) is 0 Å². The summed E-state index contributed by atoms with van der Waals surface area (Å²) in [5.74, 6) is 1.67. The molecule has 0 aliphatic rings. The largest absolute Gasteiger partial charge is 0.497 e. The van der Waals surface area contributed by atoms with Crippen LogP contribution in [0.2, 0.25) is 0 Å². The molecule has 31 heavy (non-hydrogen) atoms. The first-order chi connectivity index (χ1) is 14.6. The molecule has 1 amide bonds. The highest BCUT2D eigenvalue weighted by Crippen LogP contribution is 2.29. The maximum atomic E-state index is 12.6. The highest BCUT2D eigenvalue weighted by Gasteiger charge is 2.20. The zero-order valence-corrected chi connectivity index (χ0v) is 19.6. The van der Waals surface area contributed by atoms with Crippen molar-refractivity contribution in [3.63, 3.8) is 0 Å². The molecule has 0 unspecified atom stereocenters. The van der Waals surface area contributed by atoms with Crippen molar-refractivity contribution in [2.75, 3.05) is 35.4 Å². The number of amides is 1. The number of methoxy groups -OCH3 is 3. The second-order valence-corrected chi connectivity index (χ2v) is 9.31. The number of ether oxygens (including phenoxy) is 3. The van der Waals surface area contributed by atoms with Gasteiger partial charge in [-0.05, 0) is 55.3 Å². The summed E-state index contributed by atoms with van der Waals surface area (Å²) >= 11 is 0. The Hall–Kier alpha value is -2.78. The highest BCUT2D eigenvalue weighted by atomic mass is 32.2. The van der Waals surface area contributed by atoms with Gasteiger partial charge in [-0.1, -0.05) is 0 Å². The first-order valence-corrected chi connectivity index (χ1v) is 11.2. The normalized spacial score (nSPS) is 12.4. The van der Waals surface area contributed by atoms with Crippen LogP contribution in [0.15, 0.2) is 41.3 Å². The topological polar surface area (TPSA) is 94.2 Å². The molecule has 0 radical (unpaired) electrons. The Morgan fingerprint density at radius 3 is 2.23 bits per heavy atom. The number of carbonyl (C=O) groups is 1. The standard InChI is InChI=1S/C22H30N2O6S/c1-15(19-14-17(28-4)8-10-21(19)30-6)23-22(25)12-7-16-13-18(9-11-20(16)29-5)31(26,27)24(2)3/h8-11,13-15H,7,12H2,1-6H3,(H,23,25)/t15-/m1/s1. The van der Waals surface area contributed by atoms with Crippen LogP contribution in [0.3, 0.4) is 0 Å². The van der Waals surface area contributed by atoms with Crippen LogP contribution in [-0.2, 0) is 21.2 Å². The van der Waals surface area contributed by atoms with Crippen molar-refractivity contribution >= 4 is 15.9 Å². The molecule has 0 aliphatic carbocycles. The Labute approximate surface area is 184 Å². The fourth-order valence-electron chi connectivity index (χ4n) is 3.14. The summed E-state index contributed by atoms with van der Waals surface area (Å²) in [6.45, 7) is 1.86. The number of carbonyl (C=O) groups excluding carboxylic acids is 1. The van der Waals surface area contributed by atoms with E-state index in [-0.39, 0.29) is 23.3 Å². The number of nitrogens with zero attached hydrogens (tertiary/aromatic N) is 1. The summed E-state index contributed by atoms with van der Waals surface area (Å²) < 4.78 is 42.0. The van der Waals surface area contributed by atoms with E-state index in [9.17, 15) is 13.2 Å². The molecule has 2 rings (SSSR count). The lowest BCUT2D eigenvalue weighted by atomic mass is 10.1. The molecule has 2 aromatic carbocycles. The molecule has 170 valence electrons. The third kappa shape index (κ3) is 5.89. The van der Waals surface area contributed by atoms with Gasteiger partial charge in [0.2, 0.25) is 15.9 Å². The third-order valence-corrected chi connectivity index (χ3v) is 6.74. The molecule has 0 heterocycles. The molecule has 0 fully saturated rings. The Balaban J connectivity index is 2.14. The van der Waals surface area contributed by atoms with Gasteiger partial charge in [0.25, 0.3) is 0 Å². The first kappa shape index (κ1) is 24.5. The van der Waals surface area contributed by atoms with Gasteiger partial charge >= 0.3 is 0 Å². The fourth-order valence-corrected chi connectivity index (χ4v) is 4.09. The van der Waals surface area contributed by atoms with Gasteiger partial charge in [0.05, 0.1) is 32.3 Å². The van der Waals surface area contributed by atoms with E-state index >= 15 is 0 Å². The molecule has 0 aliphatic heterocycles. The van der Waals surface area contributed by atoms with Gasteiger partial charge in [0.15, 0.2) is 0 Å². The van der Waals surface area contributed by atoms with Gasteiger partial charge in [-0.2, -0.15) is 0 Å². The Bertz CT molecular complexity index is 1020. The van der Waals surface area contributed by atoms with Gasteiger partial charge in [-0.25, -0.2) is 12.7 Å². The molecule has 0 spiro atoms. The number of rotatable bonds is 10. The van der Waals surface area contributed by atoms with Crippen LogP contribution in [-0.4, -0.2) is 54.1 Å². The Kier molecular flexibility index (Phi) is 8.29. The Morgan fingerprint density at radius 2 is 1.65 bits per heavy atom. The maximum Gasteiger partial charge on any atom is 0.242 e. The summed E-state index contributed by atoms with van der Waals surface area (Å²) in [6, 6.07) is 9.75. The molecule has 0 saturated heterocycles. The lowest BCUT2D eigenvalue weighted by Crippen LogP contribution is -2.27. The van der Waals surface area contributed by atoms with Gasteiger partial charge in [-0.3, -0.25) is 4.79 Å². The number of hydrogen-bond acceptors (Lipinski definition) is 6. The van der Waals surface area contributed by atoms with Gasteiger partial charge in [0, 0.05) is 26.1 Å². The van der Waals surface area contributed by atoms with Crippen LogP contribution in [0.25, 0.3) is 0 Å². The summed E-state index contributed by atoms with van der Waals surface area (Å²) in [5, 5.41) is 2.95. The van der Waals surface area contributed by atoms with E-state index in [2.05, 4.69) is 5.32 Å². The molecular formula is C22H30N2O6S. The van der Waals surface area contributed by atoms with E-state index in [1.165, 1.54) is 27.3 Å². The minimum Gasteiger partial charge on any atom is -0.497 e. The first-order valence-electron chi connectivity index (χ1n) is 9.74. The van der Waals surface area contributed by atoms with E-state index in [1.54, 1.807) is 38.5 Å². The van der Waals surface area contributed by atoms with Crippen LogP contribution < -0.4 is 19.5 Å². The van der Waals surface area contributed by atoms with E-state index in [1.807, 2.05) is 13.0 Å². The number of aryl methyl sites for hydroxylation is 1. The molecular weight excluding hydrogens is 420 g/mol. The smallest absolute Gasteiger partial charge is 0.242 e. The second-order valence-electron chi connectivity index (χ2n) is 7.16. The summed E-state index contributed by atoms with van der Waals surface area (Å²) in [7, 11) is 4.02. The molecule has 0 aromatic heterocycles. The average Bonchev–Trinajstić information content (AvgIpc) is 2.76. The monoisotopic (exact) mass is 450 g/mol. The number of hydrogen-bond donors (Lipinski definition) is 1. The summed E-state index contributed by atoms with van der Waals surface area (Å²) in [5.41, 5.74) is 1.44. The van der Waals surface area contributed by atoms with Gasteiger partial charge in [-0.15, -0.1) is 0 Å². The van der Waals surface area contributed by atoms with Crippen LogP contribution >= 0.6 is 0 Å². The van der Waals surface area contributed by atoms with Crippen LogP contribution in [0.1, 0.15) is 30.5 Å². The lowest BCUT2D eigenvalue weighted by Gasteiger charge is -2.19. The maximum absolute atomic E-state index is 12.6. The zero-order chi connectivity index (χ0) is 23.2. The predicted octanol–water partition coefficient (Wildman–Crippen LogP) is 2.77. The fraction of sp³-hybridized carbons (Fsp3) is 0.409. The Morgan fingerprint density at radius 1 is 1.00 bits per heavy atom.